The number of thiophene rings is 1. The molecule has 4 aromatic rings. The Hall–Kier alpha value is -2.83. The van der Waals surface area contributed by atoms with Crippen LogP contribution in [0.25, 0.3) is 10.1 Å². The molecule has 0 radical (unpaired) electrons. The van der Waals surface area contributed by atoms with Crippen LogP contribution in [0.5, 0.6) is 5.75 Å². The normalized spacial score (nSPS) is 11.1. The number of benzene rings is 3. The zero-order valence-electron chi connectivity index (χ0n) is 16.8. The summed E-state index contributed by atoms with van der Waals surface area (Å²) in [5, 5.41) is 15.6. The second kappa shape index (κ2) is 10.4. The molecule has 3 aromatic carbocycles. The number of hydrazone groups is 1. The predicted octanol–water partition coefficient (Wildman–Crippen LogP) is 6.52. The predicted molar refractivity (Wildman–Crippen MR) is 141 cm³/mol. The van der Waals surface area contributed by atoms with E-state index in [9.17, 15) is 14.9 Å². The summed E-state index contributed by atoms with van der Waals surface area (Å²) in [6.45, 7) is 0.456. The molecule has 7 nitrogen and oxygen atoms in total. The molecule has 0 aliphatic heterocycles. The van der Waals surface area contributed by atoms with Crippen molar-refractivity contribution in [1.82, 2.24) is 5.43 Å². The van der Waals surface area contributed by atoms with E-state index in [4.69, 9.17) is 4.74 Å². The quantitative estimate of drug-likeness (QED) is 0.108. The number of nitro benzene ring substituents is 1. The molecule has 1 N–H and O–H groups in total. The van der Waals surface area contributed by atoms with Crippen LogP contribution in [0.15, 0.2) is 76.3 Å². The first-order chi connectivity index (χ1) is 15.9. The number of halogens is 2. The third-order valence-electron chi connectivity index (χ3n) is 4.58. The van der Waals surface area contributed by atoms with Crippen molar-refractivity contribution in [1.29, 1.82) is 0 Å². The maximum Gasteiger partial charge on any atom is 0.281 e. The average Bonchev–Trinajstić information content (AvgIpc) is 3.23. The lowest BCUT2D eigenvalue weighted by Gasteiger charge is -2.09. The number of hydrogen-bond donors (Lipinski definition) is 1. The van der Waals surface area contributed by atoms with Crippen LogP contribution in [0.3, 0.4) is 0 Å². The van der Waals surface area contributed by atoms with Crippen LogP contribution >= 0.6 is 49.9 Å². The summed E-state index contributed by atoms with van der Waals surface area (Å²) in [6, 6.07) is 19.8. The number of amides is 1. The lowest BCUT2D eigenvalue weighted by Crippen LogP contribution is -2.16. The van der Waals surface area contributed by atoms with Crippen molar-refractivity contribution < 1.29 is 14.5 Å². The van der Waals surface area contributed by atoms with Crippen molar-refractivity contribution in [3.63, 3.8) is 0 Å². The maximum absolute atomic E-state index is 12.4. The standard InChI is InChI=1S/C23H15BrIN3O4S/c24-19-9-15(3-7-20(19)32-13-14-1-4-17(25)5-2-14)12-26-27-23(29)22-11-16-10-18(28(30)31)6-8-21(16)33-22/h1-12H,13H2,(H,27,29)/b26-12-. The molecule has 4 rings (SSSR count). The van der Waals surface area contributed by atoms with Crippen LogP contribution in [0.4, 0.5) is 5.69 Å². The molecule has 0 spiro atoms. The molecule has 0 aliphatic rings. The fraction of sp³-hybridized carbons (Fsp3) is 0.0435. The molecule has 166 valence electrons. The van der Waals surface area contributed by atoms with Gasteiger partial charge in [-0.3, -0.25) is 14.9 Å². The summed E-state index contributed by atoms with van der Waals surface area (Å²) in [7, 11) is 0. The van der Waals surface area contributed by atoms with E-state index in [1.165, 1.54) is 33.3 Å². The van der Waals surface area contributed by atoms with Gasteiger partial charge in [0.2, 0.25) is 0 Å². The summed E-state index contributed by atoms with van der Waals surface area (Å²) in [5.41, 5.74) is 4.33. The Morgan fingerprint density at radius 1 is 1.15 bits per heavy atom. The van der Waals surface area contributed by atoms with E-state index in [-0.39, 0.29) is 11.6 Å². The minimum Gasteiger partial charge on any atom is -0.488 e. The molecule has 1 aromatic heterocycles. The summed E-state index contributed by atoms with van der Waals surface area (Å²) >= 11 is 7.01. The number of rotatable bonds is 7. The third kappa shape index (κ3) is 5.95. The molecule has 33 heavy (non-hydrogen) atoms. The first-order valence-electron chi connectivity index (χ1n) is 9.57. The zero-order chi connectivity index (χ0) is 23.4. The second-order valence-electron chi connectivity index (χ2n) is 6.89. The van der Waals surface area contributed by atoms with Crippen LogP contribution in [-0.4, -0.2) is 17.0 Å². The number of carbonyl (C=O) groups excluding carboxylic acids is 1. The van der Waals surface area contributed by atoms with Crippen molar-refractivity contribution in [2.45, 2.75) is 6.61 Å². The molecule has 1 amide bonds. The van der Waals surface area contributed by atoms with Gasteiger partial charge >= 0.3 is 0 Å². The van der Waals surface area contributed by atoms with Gasteiger partial charge < -0.3 is 4.74 Å². The van der Waals surface area contributed by atoms with E-state index >= 15 is 0 Å². The molecule has 10 heteroatoms. The molecule has 0 bridgehead atoms. The Kier molecular flexibility index (Phi) is 7.36. The number of nitro groups is 1. The summed E-state index contributed by atoms with van der Waals surface area (Å²) in [6.07, 6.45) is 1.53. The second-order valence-corrected chi connectivity index (χ2v) is 10.1. The molecule has 0 unspecified atom stereocenters. The molecular formula is C23H15BrIN3O4S. The smallest absolute Gasteiger partial charge is 0.281 e. The molecular weight excluding hydrogens is 621 g/mol. The van der Waals surface area contributed by atoms with E-state index in [1.54, 1.807) is 12.1 Å². The van der Waals surface area contributed by atoms with Gasteiger partial charge in [0.15, 0.2) is 0 Å². The SMILES string of the molecule is O=C(N/N=C\c1ccc(OCc2ccc(I)cc2)c(Br)c1)c1cc2cc([N+](=O)[O-])ccc2s1. The number of nitrogens with one attached hydrogen (secondary N) is 1. The van der Waals surface area contributed by atoms with Crippen LogP contribution in [0.1, 0.15) is 20.8 Å². The van der Waals surface area contributed by atoms with Gasteiger partial charge in [0, 0.05) is 25.8 Å². The van der Waals surface area contributed by atoms with Gasteiger partial charge in [-0.2, -0.15) is 5.10 Å². The highest BCUT2D eigenvalue weighted by Crippen LogP contribution is 2.29. The Morgan fingerprint density at radius 2 is 1.94 bits per heavy atom. The number of hydrogen-bond acceptors (Lipinski definition) is 6. The van der Waals surface area contributed by atoms with Crippen molar-refractivity contribution >= 4 is 77.8 Å². The number of nitrogens with zero attached hydrogens (tertiary/aromatic N) is 2. The first-order valence-corrected chi connectivity index (χ1v) is 12.3. The van der Waals surface area contributed by atoms with E-state index in [0.717, 1.165) is 20.3 Å². The van der Waals surface area contributed by atoms with Gasteiger partial charge in [0.05, 0.1) is 20.5 Å². The van der Waals surface area contributed by atoms with E-state index < -0.39 is 4.92 Å². The molecule has 0 atom stereocenters. The Labute approximate surface area is 214 Å². The topological polar surface area (TPSA) is 93.8 Å². The van der Waals surface area contributed by atoms with E-state index in [2.05, 4.69) is 49.0 Å². The highest BCUT2D eigenvalue weighted by atomic mass is 127. The summed E-state index contributed by atoms with van der Waals surface area (Å²) in [5.74, 6) is 0.320. The monoisotopic (exact) mass is 635 g/mol. The van der Waals surface area contributed by atoms with Gasteiger partial charge in [0.25, 0.3) is 11.6 Å². The largest absolute Gasteiger partial charge is 0.488 e. The minimum atomic E-state index is -0.460. The number of carbonyl (C=O) groups is 1. The van der Waals surface area contributed by atoms with Crippen LogP contribution in [-0.2, 0) is 6.61 Å². The Balaban J connectivity index is 1.37. The van der Waals surface area contributed by atoms with Gasteiger partial charge in [-0.15, -0.1) is 11.3 Å². The molecule has 1 heterocycles. The van der Waals surface area contributed by atoms with Crippen molar-refractivity contribution in [2.75, 3.05) is 0 Å². The molecule has 0 fully saturated rings. The third-order valence-corrected chi connectivity index (χ3v) is 7.03. The highest BCUT2D eigenvalue weighted by molar-refractivity contribution is 14.1. The molecule has 0 aliphatic carbocycles. The van der Waals surface area contributed by atoms with Crippen LogP contribution in [0, 0.1) is 13.7 Å². The van der Waals surface area contributed by atoms with Crippen LogP contribution in [0.2, 0.25) is 0 Å². The zero-order valence-corrected chi connectivity index (χ0v) is 21.4. The van der Waals surface area contributed by atoms with Gasteiger partial charge in [0.1, 0.15) is 12.4 Å². The lowest BCUT2D eigenvalue weighted by atomic mass is 10.2. The number of fused-ring (bicyclic) bond motifs is 1. The van der Waals surface area contributed by atoms with Gasteiger partial charge in [-0.05, 0) is 92.1 Å². The van der Waals surface area contributed by atoms with E-state index in [0.29, 0.717) is 22.6 Å². The number of non-ortho nitro benzene ring substituents is 1. The molecule has 0 saturated carbocycles. The number of ether oxygens (including phenoxy) is 1. The Bertz CT molecular complexity index is 1370. The van der Waals surface area contributed by atoms with Crippen LogP contribution < -0.4 is 10.2 Å². The van der Waals surface area contributed by atoms with E-state index in [1.807, 2.05) is 42.5 Å². The fourth-order valence-corrected chi connectivity index (χ4v) is 4.74. The maximum atomic E-state index is 12.4. The van der Waals surface area contributed by atoms with Gasteiger partial charge in [-0.1, -0.05) is 12.1 Å². The first kappa shape index (κ1) is 23.3. The lowest BCUT2D eigenvalue weighted by molar-refractivity contribution is -0.384. The average molecular weight is 636 g/mol. The van der Waals surface area contributed by atoms with Crippen molar-refractivity contribution in [3.8, 4) is 5.75 Å². The summed E-state index contributed by atoms with van der Waals surface area (Å²) < 4.78 is 8.60. The van der Waals surface area contributed by atoms with Crippen molar-refractivity contribution in [3.05, 3.63) is 101 Å². The molecule has 0 saturated heterocycles. The summed E-state index contributed by atoms with van der Waals surface area (Å²) in [4.78, 5) is 23.3. The Morgan fingerprint density at radius 3 is 2.67 bits per heavy atom. The fourth-order valence-electron chi connectivity index (χ4n) is 2.93. The van der Waals surface area contributed by atoms with Crippen molar-refractivity contribution in [2.24, 2.45) is 5.10 Å². The highest BCUT2D eigenvalue weighted by Gasteiger charge is 2.13. The minimum absolute atomic E-state index is 0.0122. The van der Waals surface area contributed by atoms with Gasteiger partial charge in [-0.25, -0.2) is 5.43 Å².